The first kappa shape index (κ1) is 36.6. The van der Waals surface area contributed by atoms with E-state index in [1.807, 2.05) is 82.3 Å². The molecule has 7 aliphatic rings. The van der Waals surface area contributed by atoms with Crippen LogP contribution < -0.4 is 0 Å². The third kappa shape index (κ3) is 5.94. The van der Waals surface area contributed by atoms with Crippen molar-refractivity contribution in [3.8, 4) is 0 Å². The Bertz CT molecular complexity index is 2770. The van der Waals surface area contributed by atoms with Crippen LogP contribution in [0.25, 0.3) is 44.4 Å². The number of rotatable bonds is 6. The molecule has 0 radical (unpaired) electrons. The molecule has 10 rings (SSSR count). The topological polar surface area (TPSA) is 160 Å². The zero-order valence-corrected chi connectivity index (χ0v) is 32.5. The lowest BCUT2D eigenvalue weighted by molar-refractivity contribution is -0.138. The molecule has 0 aromatic carbocycles. The van der Waals surface area contributed by atoms with E-state index in [-0.39, 0.29) is 33.9 Å². The van der Waals surface area contributed by atoms with Gasteiger partial charge in [0, 0.05) is 62.3 Å². The number of Topliss-reactive ketones (excluding diaryl/α,β-unsaturated/α-hetero) is 4. The molecule has 0 saturated carbocycles. The summed E-state index contributed by atoms with van der Waals surface area (Å²) in [5.41, 5.74) is 8.97. The number of aromatic nitrogens is 4. The van der Waals surface area contributed by atoms with E-state index < -0.39 is 35.1 Å². The van der Waals surface area contributed by atoms with Crippen LogP contribution in [0.15, 0.2) is 85.0 Å². The molecule has 3 aromatic heterocycles. The number of aromatic amines is 2. The lowest BCUT2D eigenvalue weighted by Gasteiger charge is -2.30. The van der Waals surface area contributed by atoms with E-state index in [0.717, 1.165) is 22.9 Å². The molecule has 0 fully saturated rings. The first-order valence-electron chi connectivity index (χ1n) is 19.1. The lowest BCUT2D eigenvalue weighted by Crippen LogP contribution is -2.37. The molecular formula is C46H38N4O6S. The minimum Gasteiger partial charge on any atom is -0.355 e. The van der Waals surface area contributed by atoms with Gasteiger partial charge in [0.2, 0.25) is 22.5 Å². The van der Waals surface area contributed by atoms with Crippen LogP contribution in [0.1, 0.15) is 79.9 Å². The highest BCUT2D eigenvalue weighted by molar-refractivity contribution is 8.15. The smallest absolute Gasteiger partial charge is 0.220 e. The van der Waals surface area contributed by atoms with Crippen LogP contribution in [-0.4, -0.2) is 59.7 Å². The second-order valence-electron chi connectivity index (χ2n) is 15.8. The molecule has 3 aliphatic heterocycles. The maximum atomic E-state index is 13.4. The van der Waals surface area contributed by atoms with Crippen LogP contribution in [0.4, 0.5) is 0 Å². The van der Waals surface area contributed by atoms with Gasteiger partial charge in [-0.05, 0) is 71.5 Å². The summed E-state index contributed by atoms with van der Waals surface area (Å²) in [7, 11) is 0. The number of ketones is 4. The van der Waals surface area contributed by atoms with Gasteiger partial charge in [-0.25, -0.2) is 9.97 Å². The monoisotopic (exact) mass is 774 g/mol. The van der Waals surface area contributed by atoms with Gasteiger partial charge in [0.15, 0.2) is 6.29 Å². The number of allylic oxidation sites excluding steroid dienone is 9. The number of hydrogen-bond acceptors (Lipinski definition) is 9. The normalized spacial score (nSPS) is 24.6. The molecule has 6 heterocycles. The number of fused-ring (bicyclic) bond motifs is 11. The van der Waals surface area contributed by atoms with Gasteiger partial charge in [-0.2, -0.15) is 0 Å². The van der Waals surface area contributed by atoms with Crippen LogP contribution in [0.2, 0.25) is 0 Å². The first-order valence-corrected chi connectivity index (χ1v) is 20.0. The molecule has 11 heteroatoms. The molecule has 57 heavy (non-hydrogen) atoms. The van der Waals surface area contributed by atoms with Crippen LogP contribution in [-0.2, 0) is 28.8 Å². The molecule has 10 bridgehead atoms. The Labute approximate surface area is 332 Å². The van der Waals surface area contributed by atoms with E-state index >= 15 is 0 Å². The van der Waals surface area contributed by atoms with Crippen molar-refractivity contribution in [1.82, 2.24) is 19.9 Å². The standard InChI is InChI=1S/C46H38N4O6S/c1-20(2)6-9-27(39(53)19-51)31-14-26-15-34-40-22(4)46(56)57-23(5)41(40)36(49-34)18-37-43-29-11-10-28(44(54)45(29)55)42(43)35(50-37)16-25-13-30(32(47-25)17-33(31)48-26)24-8-7-21(3)38(52)12-24/h6-11,13-21,23-24,27-29,47-48H,4,12H2,1-3,5H3/b9-6-,25-16?,26-15?,32-17?,33-17?,34-15?,35-16?,36-18?,37-18?. The summed E-state index contributed by atoms with van der Waals surface area (Å²) in [4.78, 5) is 95.7. The zero-order chi connectivity index (χ0) is 40.0. The van der Waals surface area contributed by atoms with Gasteiger partial charge in [-0.3, -0.25) is 28.8 Å². The number of carbonyl (C=O) groups is 6. The van der Waals surface area contributed by atoms with Crippen molar-refractivity contribution in [2.75, 3.05) is 0 Å². The van der Waals surface area contributed by atoms with Gasteiger partial charge < -0.3 is 9.97 Å². The number of nitrogens with one attached hydrogen (secondary N) is 2. The highest BCUT2D eigenvalue weighted by Gasteiger charge is 2.47. The van der Waals surface area contributed by atoms with E-state index in [4.69, 9.17) is 9.97 Å². The van der Waals surface area contributed by atoms with Crippen LogP contribution >= 0.6 is 11.8 Å². The fourth-order valence-electron chi connectivity index (χ4n) is 8.80. The van der Waals surface area contributed by atoms with Crippen molar-refractivity contribution >= 4 is 90.7 Å². The van der Waals surface area contributed by atoms with Gasteiger partial charge in [0.25, 0.3) is 0 Å². The molecule has 284 valence electrons. The van der Waals surface area contributed by atoms with Crippen molar-refractivity contribution in [2.45, 2.75) is 51.2 Å². The number of carbonyl (C=O) groups excluding carboxylic acids is 6. The molecular weight excluding hydrogens is 737 g/mol. The Morgan fingerprint density at radius 2 is 1.42 bits per heavy atom. The number of hydrogen-bond donors (Lipinski definition) is 2. The quantitative estimate of drug-likeness (QED) is 0.111. The minimum atomic E-state index is -0.904. The van der Waals surface area contributed by atoms with Gasteiger partial charge in [-0.15, -0.1) is 0 Å². The van der Waals surface area contributed by atoms with Gasteiger partial charge in [-0.1, -0.05) is 75.6 Å². The second-order valence-corrected chi connectivity index (χ2v) is 17.1. The molecule has 10 nitrogen and oxygen atoms in total. The summed E-state index contributed by atoms with van der Waals surface area (Å²) in [6.07, 6.45) is 11.8. The number of nitrogens with zero attached hydrogens (tertiary/aromatic N) is 2. The highest BCUT2D eigenvalue weighted by Crippen LogP contribution is 2.51. The van der Waals surface area contributed by atoms with Crippen molar-refractivity contribution in [2.24, 2.45) is 23.7 Å². The Kier molecular flexibility index (Phi) is 8.69. The highest BCUT2D eigenvalue weighted by atomic mass is 32.2. The number of H-pyrrole nitrogens is 2. The van der Waals surface area contributed by atoms with E-state index in [9.17, 15) is 28.8 Å². The van der Waals surface area contributed by atoms with E-state index in [0.29, 0.717) is 85.4 Å². The summed E-state index contributed by atoms with van der Waals surface area (Å²) < 4.78 is 0. The summed E-state index contributed by atoms with van der Waals surface area (Å²) in [5, 5.41) is -0.451. The average Bonchev–Trinajstić information content (AvgIpc) is 3.95. The molecule has 0 saturated heterocycles. The number of thioether (sulfide) groups is 1. The molecule has 3 aromatic rings. The summed E-state index contributed by atoms with van der Waals surface area (Å²) >= 11 is 1.16. The number of aldehydes is 1. The Hall–Kier alpha value is -6.07. The van der Waals surface area contributed by atoms with Crippen LogP contribution in [0.5, 0.6) is 0 Å². The first-order chi connectivity index (χ1) is 27.3. The van der Waals surface area contributed by atoms with Crippen LogP contribution in [0, 0.1) is 23.7 Å². The third-order valence-corrected chi connectivity index (χ3v) is 12.7. The van der Waals surface area contributed by atoms with Gasteiger partial charge in [0.1, 0.15) is 5.78 Å². The maximum absolute atomic E-state index is 13.4. The minimum absolute atomic E-state index is 0.109. The van der Waals surface area contributed by atoms with E-state index in [2.05, 4.69) is 16.5 Å². The lowest BCUT2D eigenvalue weighted by atomic mass is 9.69. The Morgan fingerprint density at radius 3 is 2.11 bits per heavy atom. The van der Waals surface area contributed by atoms with Crippen molar-refractivity contribution in [3.63, 3.8) is 0 Å². The van der Waals surface area contributed by atoms with Crippen LogP contribution in [0.3, 0.4) is 0 Å². The fraction of sp³-hybridized carbons (Fsp3) is 0.261. The fourth-order valence-corrected chi connectivity index (χ4v) is 9.72. The second kappa shape index (κ2) is 13.5. The van der Waals surface area contributed by atoms with E-state index in [1.165, 1.54) is 0 Å². The van der Waals surface area contributed by atoms with E-state index in [1.54, 1.807) is 18.2 Å². The predicted octanol–water partition coefficient (Wildman–Crippen LogP) is 7.62. The molecule has 6 atom stereocenters. The molecule has 6 unspecified atom stereocenters. The molecule has 4 aliphatic carbocycles. The molecule has 2 N–H and O–H groups in total. The maximum Gasteiger partial charge on any atom is 0.220 e. The molecule has 0 amide bonds. The summed E-state index contributed by atoms with van der Waals surface area (Å²) in [6, 6.07) is 11.2. The predicted molar refractivity (Wildman–Crippen MR) is 220 cm³/mol. The summed E-state index contributed by atoms with van der Waals surface area (Å²) in [5.74, 6) is -4.28. The summed E-state index contributed by atoms with van der Waals surface area (Å²) in [6.45, 7) is 12.0. The zero-order valence-electron chi connectivity index (χ0n) is 31.7. The largest absolute Gasteiger partial charge is 0.355 e. The third-order valence-electron chi connectivity index (χ3n) is 11.6. The van der Waals surface area contributed by atoms with Crippen molar-refractivity contribution in [3.05, 3.63) is 119 Å². The van der Waals surface area contributed by atoms with Crippen molar-refractivity contribution in [1.29, 1.82) is 0 Å². The van der Waals surface area contributed by atoms with Gasteiger partial charge in [0.05, 0.1) is 40.5 Å². The SMILES string of the molecule is C=C1C(=O)SC(C)C2=C1c1cc3cc(C(/C=C\C(C)C)C(=O)C=O)c(cc4[nH]c(cc5nc(cc2n1)C1=C5C2C=CC1C(=O)C2=O)cc4C1C=CC(C)C(=O)C1)[nH]3. The average molecular weight is 775 g/mol. The Morgan fingerprint density at radius 1 is 0.789 bits per heavy atom. The van der Waals surface area contributed by atoms with Gasteiger partial charge >= 0.3 is 0 Å². The molecule has 0 spiro atoms. The van der Waals surface area contributed by atoms with Crippen molar-refractivity contribution < 1.29 is 28.8 Å². The Balaban J connectivity index is 1.41.